The van der Waals surface area contributed by atoms with Crippen LogP contribution in [0.3, 0.4) is 0 Å². The molecule has 3 fully saturated rings. The fraction of sp³-hybridized carbons (Fsp3) is 0.900. The van der Waals surface area contributed by atoms with Gasteiger partial charge in [-0.2, -0.15) is 0 Å². The van der Waals surface area contributed by atoms with Crippen molar-refractivity contribution in [2.45, 2.75) is 45.4 Å². The topological polar surface area (TPSA) is 17.1 Å². The Labute approximate surface area is 68.2 Å². The van der Waals surface area contributed by atoms with Crippen LogP contribution in [0.4, 0.5) is 0 Å². The first-order valence-corrected chi connectivity index (χ1v) is 4.83. The van der Waals surface area contributed by atoms with Crippen LogP contribution in [0, 0.1) is 11.3 Å². The number of ketones is 1. The summed E-state index contributed by atoms with van der Waals surface area (Å²) in [6.07, 6.45) is 7.29. The molecule has 0 aromatic carbocycles. The van der Waals surface area contributed by atoms with E-state index in [1.165, 1.54) is 38.5 Å². The van der Waals surface area contributed by atoms with Crippen molar-refractivity contribution in [3.63, 3.8) is 0 Å². The second-order valence-corrected chi connectivity index (χ2v) is 4.19. The Morgan fingerprint density at radius 3 is 2.91 bits per heavy atom. The Kier molecular flexibility index (Phi) is 1.55. The highest BCUT2D eigenvalue weighted by atomic mass is 16.1. The van der Waals surface area contributed by atoms with Gasteiger partial charge < -0.3 is 0 Å². The van der Waals surface area contributed by atoms with Crippen molar-refractivity contribution < 1.29 is 4.79 Å². The lowest BCUT2D eigenvalue weighted by Gasteiger charge is -2.36. The molecule has 0 spiro atoms. The summed E-state index contributed by atoms with van der Waals surface area (Å²) < 4.78 is 0. The average molecular weight is 152 g/mol. The van der Waals surface area contributed by atoms with Crippen molar-refractivity contribution >= 4 is 5.78 Å². The van der Waals surface area contributed by atoms with Crippen LogP contribution in [-0.4, -0.2) is 5.78 Å². The molecule has 2 bridgehead atoms. The average Bonchev–Trinajstić information content (AvgIpc) is 2.56. The van der Waals surface area contributed by atoms with Crippen LogP contribution < -0.4 is 0 Å². The van der Waals surface area contributed by atoms with E-state index in [4.69, 9.17) is 0 Å². The summed E-state index contributed by atoms with van der Waals surface area (Å²) in [7, 11) is 0. The third-order valence-electron chi connectivity index (χ3n) is 3.51. The molecule has 0 amide bonds. The smallest absolute Gasteiger partial charge is 0.142 e. The first-order chi connectivity index (χ1) is 5.28. The summed E-state index contributed by atoms with van der Waals surface area (Å²) in [4.78, 5) is 11.5. The number of carbonyl (C=O) groups excluding carboxylic acids is 1. The first kappa shape index (κ1) is 7.33. The number of hydrogen-bond acceptors (Lipinski definition) is 1. The minimum absolute atomic E-state index is 0.209. The quantitative estimate of drug-likeness (QED) is 0.607. The predicted octanol–water partition coefficient (Wildman–Crippen LogP) is 2.55. The lowest BCUT2D eigenvalue weighted by molar-refractivity contribution is -0.139. The van der Waals surface area contributed by atoms with Gasteiger partial charge in [0.15, 0.2) is 0 Å². The minimum atomic E-state index is 0.209. The molecule has 0 radical (unpaired) electrons. The van der Waals surface area contributed by atoms with Gasteiger partial charge in [0, 0.05) is 11.3 Å². The molecule has 3 aliphatic carbocycles. The fourth-order valence-corrected chi connectivity index (χ4v) is 2.74. The number of fused-ring (bicyclic) bond motifs is 1. The van der Waals surface area contributed by atoms with Crippen molar-refractivity contribution in [3.8, 4) is 0 Å². The normalized spacial score (nSPS) is 40.8. The van der Waals surface area contributed by atoms with Gasteiger partial charge in [-0.1, -0.05) is 19.8 Å². The number of unbranched alkanes of at least 4 members (excludes halogenated alkanes) is 1. The molecule has 0 heterocycles. The van der Waals surface area contributed by atoms with Gasteiger partial charge in [-0.15, -0.1) is 0 Å². The van der Waals surface area contributed by atoms with E-state index in [1.54, 1.807) is 0 Å². The molecule has 3 aliphatic rings. The van der Waals surface area contributed by atoms with E-state index >= 15 is 0 Å². The van der Waals surface area contributed by atoms with Crippen LogP contribution in [0.1, 0.15) is 45.4 Å². The predicted molar refractivity (Wildman–Crippen MR) is 44.3 cm³/mol. The van der Waals surface area contributed by atoms with Crippen molar-refractivity contribution in [3.05, 3.63) is 0 Å². The van der Waals surface area contributed by atoms with E-state index in [0.717, 1.165) is 0 Å². The van der Waals surface area contributed by atoms with E-state index in [2.05, 4.69) is 6.92 Å². The van der Waals surface area contributed by atoms with Crippen LogP contribution >= 0.6 is 0 Å². The van der Waals surface area contributed by atoms with E-state index in [1.807, 2.05) is 0 Å². The molecule has 0 saturated heterocycles. The van der Waals surface area contributed by atoms with Crippen molar-refractivity contribution in [1.82, 2.24) is 0 Å². The molecule has 3 rings (SSSR count). The molecule has 3 saturated carbocycles. The summed E-state index contributed by atoms with van der Waals surface area (Å²) in [5, 5.41) is 0. The molecular weight excluding hydrogens is 136 g/mol. The minimum Gasteiger partial charge on any atom is -0.299 e. The highest BCUT2D eigenvalue weighted by Gasteiger charge is 2.57. The maximum absolute atomic E-state index is 11.5. The third-order valence-corrected chi connectivity index (χ3v) is 3.51. The number of rotatable bonds is 3. The van der Waals surface area contributed by atoms with Gasteiger partial charge in [0.2, 0.25) is 0 Å². The van der Waals surface area contributed by atoms with Gasteiger partial charge >= 0.3 is 0 Å². The zero-order valence-electron chi connectivity index (χ0n) is 7.23. The van der Waals surface area contributed by atoms with Gasteiger partial charge in [0.05, 0.1) is 0 Å². The number of Topliss-reactive ketones (excluding diaryl/α,β-unsaturated/α-hetero) is 1. The molecule has 0 aromatic rings. The summed E-state index contributed by atoms with van der Waals surface area (Å²) in [6, 6.07) is 0. The number of carbonyl (C=O) groups is 1. The van der Waals surface area contributed by atoms with Crippen LogP contribution in [0.25, 0.3) is 0 Å². The maximum Gasteiger partial charge on any atom is 0.142 e. The first-order valence-electron chi connectivity index (χ1n) is 4.83. The Hall–Kier alpha value is -0.330. The van der Waals surface area contributed by atoms with Crippen molar-refractivity contribution in [1.29, 1.82) is 0 Å². The molecule has 62 valence electrons. The molecule has 1 nitrogen and oxygen atoms in total. The van der Waals surface area contributed by atoms with E-state index in [0.29, 0.717) is 11.7 Å². The highest BCUT2D eigenvalue weighted by Crippen LogP contribution is 2.58. The second-order valence-electron chi connectivity index (χ2n) is 4.19. The van der Waals surface area contributed by atoms with E-state index < -0.39 is 0 Å². The second kappa shape index (κ2) is 2.33. The van der Waals surface area contributed by atoms with Gasteiger partial charge in [0.1, 0.15) is 5.78 Å². The maximum atomic E-state index is 11.5. The molecule has 0 aliphatic heterocycles. The van der Waals surface area contributed by atoms with Crippen LogP contribution in [0.15, 0.2) is 0 Å². The van der Waals surface area contributed by atoms with Crippen LogP contribution in [-0.2, 0) is 4.79 Å². The molecule has 1 heteroatoms. The Morgan fingerprint density at radius 2 is 2.45 bits per heavy atom. The summed E-state index contributed by atoms with van der Waals surface area (Å²) in [5.41, 5.74) is 0.209. The third kappa shape index (κ3) is 0.863. The van der Waals surface area contributed by atoms with Crippen LogP contribution in [0.2, 0.25) is 0 Å². The number of hydrogen-bond donors (Lipinski definition) is 0. The Bertz CT molecular complexity index is 181. The van der Waals surface area contributed by atoms with Crippen molar-refractivity contribution in [2.24, 2.45) is 11.3 Å². The van der Waals surface area contributed by atoms with Gasteiger partial charge in [0.25, 0.3) is 0 Å². The molecule has 2 atom stereocenters. The molecule has 0 N–H and O–H groups in total. The highest BCUT2D eigenvalue weighted by molar-refractivity contribution is 5.94. The Balaban J connectivity index is 1.96. The van der Waals surface area contributed by atoms with E-state index in [9.17, 15) is 4.79 Å². The Morgan fingerprint density at radius 1 is 1.64 bits per heavy atom. The SMILES string of the molecule is CCCCC12CCC(C1)C2=O. The zero-order valence-corrected chi connectivity index (χ0v) is 7.23. The van der Waals surface area contributed by atoms with E-state index in [-0.39, 0.29) is 5.41 Å². The lowest BCUT2D eigenvalue weighted by Crippen LogP contribution is -2.40. The molecule has 11 heavy (non-hydrogen) atoms. The molecule has 2 unspecified atom stereocenters. The van der Waals surface area contributed by atoms with Gasteiger partial charge in [-0.3, -0.25) is 4.79 Å². The summed E-state index contributed by atoms with van der Waals surface area (Å²) in [5.74, 6) is 1.10. The summed E-state index contributed by atoms with van der Waals surface area (Å²) >= 11 is 0. The standard InChI is InChI=1S/C10H16O/c1-2-3-5-10-6-4-8(7-10)9(10)11/h8H,2-7H2,1H3. The lowest BCUT2D eigenvalue weighted by atomic mass is 9.66. The largest absolute Gasteiger partial charge is 0.299 e. The molecular formula is C10H16O. The van der Waals surface area contributed by atoms with Gasteiger partial charge in [-0.05, 0) is 25.7 Å². The fourth-order valence-electron chi connectivity index (χ4n) is 2.74. The molecule has 0 aromatic heterocycles. The zero-order chi connectivity index (χ0) is 7.90. The van der Waals surface area contributed by atoms with Crippen LogP contribution in [0.5, 0.6) is 0 Å². The van der Waals surface area contributed by atoms with Crippen molar-refractivity contribution in [2.75, 3.05) is 0 Å². The van der Waals surface area contributed by atoms with Gasteiger partial charge in [-0.25, -0.2) is 0 Å². The monoisotopic (exact) mass is 152 g/mol. The summed E-state index contributed by atoms with van der Waals surface area (Å²) in [6.45, 7) is 2.20.